The predicted molar refractivity (Wildman–Crippen MR) is 64.4 cm³/mol. The van der Waals surface area contributed by atoms with E-state index in [1.165, 1.54) is 0 Å². The topological polar surface area (TPSA) is 49.3 Å². The average molecular weight is 231 g/mol. The SMILES string of the molecule is CNC1(C(=O)O)CCCC(SC(C)C)C1. The molecular weight excluding hydrogens is 210 g/mol. The van der Waals surface area contributed by atoms with Crippen LogP contribution in [0.4, 0.5) is 0 Å². The Morgan fingerprint density at radius 1 is 1.60 bits per heavy atom. The normalized spacial score (nSPS) is 31.9. The van der Waals surface area contributed by atoms with E-state index < -0.39 is 11.5 Å². The lowest BCUT2D eigenvalue weighted by molar-refractivity contribution is -0.146. The molecule has 0 amide bonds. The van der Waals surface area contributed by atoms with E-state index in [9.17, 15) is 9.90 Å². The lowest BCUT2D eigenvalue weighted by Crippen LogP contribution is -2.54. The Balaban J connectivity index is 2.64. The summed E-state index contributed by atoms with van der Waals surface area (Å²) in [4.78, 5) is 11.3. The van der Waals surface area contributed by atoms with Gasteiger partial charge in [0.1, 0.15) is 5.54 Å². The van der Waals surface area contributed by atoms with Crippen molar-refractivity contribution in [3.05, 3.63) is 0 Å². The highest BCUT2D eigenvalue weighted by Gasteiger charge is 2.41. The van der Waals surface area contributed by atoms with Crippen molar-refractivity contribution in [2.45, 2.75) is 55.6 Å². The summed E-state index contributed by atoms with van der Waals surface area (Å²) in [6.45, 7) is 4.34. The number of aliphatic carboxylic acids is 1. The van der Waals surface area contributed by atoms with E-state index in [0.29, 0.717) is 10.5 Å². The minimum Gasteiger partial charge on any atom is -0.480 e. The Morgan fingerprint density at radius 3 is 2.73 bits per heavy atom. The maximum atomic E-state index is 11.3. The quantitative estimate of drug-likeness (QED) is 0.778. The largest absolute Gasteiger partial charge is 0.480 e. The van der Waals surface area contributed by atoms with E-state index in [2.05, 4.69) is 19.2 Å². The number of thioether (sulfide) groups is 1. The molecule has 2 atom stereocenters. The van der Waals surface area contributed by atoms with Crippen molar-refractivity contribution < 1.29 is 9.90 Å². The van der Waals surface area contributed by atoms with Crippen LogP contribution in [-0.4, -0.2) is 34.2 Å². The summed E-state index contributed by atoms with van der Waals surface area (Å²) < 4.78 is 0. The lowest BCUT2D eigenvalue weighted by atomic mass is 9.81. The van der Waals surface area contributed by atoms with E-state index in [4.69, 9.17) is 0 Å². The molecule has 0 saturated heterocycles. The van der Waals surface area contributed by atoms with Crippen molar-refractivity contribution in [2.75, 3.05) is 7.05 Å². The number of hydrogen-bond acceptors (Lipinski definition) is 3. The minimum atomic E-state index is -0.695. The fourth-order valence-electron chi connectivity index (χ4n) is 2.25. The first-order valence-electron chi connectivity index (χ1n) is 5.58. The van der Waals surface area contributed by atoms with Gasteiger partial charge in [0.05, 0.1) is 0 Å². The highest BCUT2D eigenvalue weighted by atomic mass is 32.2. The van der Waals surface area contributed by atoms with Crippen LogP contribution >= 0.6 is 11.8 Å². The van der Waals surface area contributed by atoms with Crippen LogP contribution in [0.15, 0.2) is 0 Å². The molecule has 0 spiro atoms. The molecule has 1 saturated carbocycles. The second-order valence-electron chi connectivity index (χ2n) is 4.54. The molecule has 2 N–H and O–H groups in total. The molecule has 0 bridgehead atoms. The molecule has 4 heteroatoms. The second kappa shape index (κ2) is 5.21. The summed E-state index contributed by atoms with van der Waals surface area (Å²) in [5.74, 6) is -0.695. The van der Waals surface area contributed by atoms with E-state index in [-0.39, 0.29) is 0 Å². The van der Waals surface area contributed by atoms with Crippen LogP contribution in [0.5, 0.6) is 0 Å². The first kappa shape index (κ1) is 12.8. The molecule has 0 aromatic rings. The lowest BCUT2D eigenvalue weighted by Gasteiger charge is -2.37. The van der Waals surface area contributed by atoms with Crippen LogP contribution in [0.1, 0.15) is 39.5 Å². The third-order valence-corrected chi connectivity index (χ3v) is 4.39. The zero-order valence-corrected chi connectivity index (χ0v) is 10.6. The van der Waals surface area contributed by atoms with Crippen LogP contribution in [0, 0.1) is 0 Å². The van der Waals surface area contributed by atoms with Gasteiger partial charge in [-0.3, -0.25) is 4.79 Å². The maximum Gasteiger partial charge on any atom is 0.323 e. The Morgan fingerprint density at radius 2 is 2.27 bits per heavy atom. The van der Waals surface area contributed by atoms with Gasteiger partial charge in [0.15, 0.2) is 0 Å². The van der Waals surface area contributed by atoms with E-state index in [1.54, 1.807) is 7.05 Å². The van der Waals surface area contributed by atoms with E-state index in [1.807, 2.05) is 11.8 Å². The first-order chi connectivity index (χ1) is 7.00. The van der Waals surface area contributed by atoms with Crippen LogP contribution in [0.2, 0.25) is 0 Å². The van der Waals surface area contributed by atoms with Crippen molar-refractivity contribution in [1.82, 2.24) is 5.32 Å². The molecule has 0 aromatic carbocycles. The fourth-order valence-corrected chi connectivity index (χ4v) is 3.71. The highest BCUT2D eigenvalue weighted by Crippen LogP contribution is 2.36. The molecule has 1 aliphatic rings. The molecule has 1 rings (SSSR count). The smallest absolute Gasteiger partial charge is 0.323 e. The molecule has 88 valence electrons. The van der Waals surface area contributed by atoms with Gasteiger partial charge in [-0.15, -0.1) is 0 Å². The summed E-state index contributed by atoms with van der Waals surface area (Å²) in [6, 6.07) is 0. The summed E-state index contributed by atoms with van der Waals surface area (Å²) in [5.41, 5.74) is -0.676. The minimum absolute atomic E-state index is 0.488. The van der Waals surface area contributed by atoms with Gasteiger partial charge >= 0.3 is 5.97 Å². The summed E-state index contributed by atoms with van der Waals surface area (Å²) >= 11 is 1.91. The Kier molecular flexibility index (Phi) is 4.46. The fraction of sp³-hybridized carbons (Fsp3) is 0.909. The molecule has 1 aliphatic carbocycles. The first-order valence-corrected chi connectivity index (χ1v) is 6.52. The number of nitrogens with one attached hydrogen (secondary N) is 1. The number of rotatable bonds is 4. The van der Waals surface area contributed by atoms with Crippen LogP contribution < -0.4 is 5.32 Å². The molecule has 15 heavy (non-hydrogen) atoms. The monoisotopic (exact) mass is 231 g/mol. The predicted octanol–water partition coefficient (Wildman–Crippen LogP) is 2.11. The molecule has 0 aliphatic heterocycles. The highest BCUT2D eigenvalue weighted by molar-refractivity contribution is 8.00. The zero-order valence-electron chi connectivity index (χ0n) is 9.75. The van der Waals surface area contributed by atoms with Gasteiger partial charge in [-0.2, -0.15) is 11.8 Å². The number of likely N-dealkylation sites (N-methyl/N-ethyl adjacent to an activating group) is 1. The molecule has 0 heterocycles. The molecule has 3 nitrogen and oxygen atoms in total. The van der Waals surface area contributed by atoms with E-state index >= 15 is 0 Å². The van der Waals surface area contributed by atoms with Crippen molar-refractivity contribution in [2.24, 2.45) is 0 Å². The summed E-state index contributed by atoms with van der Waals surface area (Å²) in [5, 5.41) is 13.3. The van der Waals surface area contributed by atoms with Crippen LogP contribution in [-0.2, 0) is 4.79 Å². The standard InChI is InChI=1S/C11H21NO2S/c1-8(2)15-9-5-4-6-11(7-9,12-3)10(13)14/h8-9,12H,4-7H2,1-3H3,(H,13,14). The summed E-state index contributed by atoms with van der Waals surface area (Å²) in [6.07, 6.45) is 3.67. The molecule has 2 unspecified atom stereocenters. The van der Waals surface area contributed by atoms with Gasteiger partial charge in [0.2, 0.25) is 0 Å². The van der Waals surface area contributed by atoms with E-state index in [0.717, 1.165) is 25.7 Å². The summed E-state index contributed by atoms with van der Waals surface area (Å²) in [7, 11) is 1.76. The van der Waals surface area contributed by atoms with Gasteiger partial charge < -0.3 is 10.4 Å². The van der Waals surface area contributed by atoms with Crippen LogP contribution in [0.25, 0.3) is 0 Å². The number of carbonyl (C=O) groups is 1. The van der Waals surface area contributed by atoms with Crippen LogP contribution in [0.3, 0.4) is 0 Å². The molecule has 1 fully saturated rings. The number of carboxylic acid groups (broad SMARTS) is 1. The molecule has 0 aromatic heterocycles. The average Bonchev–Trinajstić information content (AvgIpc) is 2.16. The van der Waals surface area contributed by atoms with Crippen molar-refractivity contribution in [1.29, 1.82) is 0 Å². The second-order valence-corrected chi connectivity index (χ2v) is 6.42. The third kappa shape index (κ3) is 3.11. The van der Waals surface area contributed by atoms with Crippen molar-refractivity contribution in [3.8, 4) is 0 Å². The van der Waals surface area contributed by atoms with Gasteiger partial charge in [-0.05, 0) is 38.0 Å². The van der Waals surface area contributed by atoms with Gasteiger partial charge in [-0.1, -0.05) is 13.8 Å². The zero-order chi connectivity index (χ0) is 11.5. The Hall–Kier alpha value is -0.220. The van der Waals surface area contributed by atoms with Gasteiger partial charge in [0.25, 0.3) is 0 Å². The van der Waals surface area contributed by atoms with Gasteiger partial charge in [-0.25, -0.2) is 0 Å². The van der Waals surface area contributed by atoms with Crippen molar-refractivity contribution >= 4 is 17.7 Å². The number of carboxylic acids is 1. The third-order valence-electron chi connectivity index (χ3n) is 3.06. The number of hydrogen-bond donors (Lipinski definition) is 2. The van der Waals surface area contributed by atoms with Gasteiger partial charge in [0, 0.05) is 5.25 Å². The Labute approximate surface area is 96.0 Å². The Bertz CT molecular complexity index is 233. The van der Waals surface area contributed by atoms with Crippen molar-refractivity contribution in [3.63, 3.8) is 0 Å². The maximum absolute atomic E-state index is 11.3. The molecular formula is C11H21NO2S. The molecule has 0 radical (unpaired) electrons.